The SMILES string of the molecule is CNn1c(C(=O)OCCCN)c(-c2ccccc2)c2cc(Cl)ccc2c1=O. The van der Waals surface area contributed by atoms with Crippen LogP contribution < -0.4 is 16.7 Å². The number of nitrogens with zero attached hydrogens (tertiary/aromatic N) is 1. The average molecular weight is 386 g/mol. The summed E-state index contributed by atoms with van der Waals surface area (Å²) in [6, 6.07) is 14.4. The molecule has 0 bridgehead atoms. The number of ether oxygens (including phenoxy) is 1. The van der Waals surface area contributed by atoms with E-state index in [9.17, 15) is 9.59 Å². The third-order valence-corrected chi connectivity index (χ3v) is 4.44. The van der Waals surface area contributed by atoms with Gasteiger partial charge in [0.15, 0.2) is 5.69 Å². The number of hydrogen-bond acceptors (Lipinski definition) is 5. The first-order valence-corrected chi connectivity index (χ1v) is 8.95. The Bertz CT molecular complexity index is 1030. The summed E-state index contributed by atoms with van der Waals surface area (Å²) in [6.45, 7) is 0.583. The number of aromatic nitrogens is 1. The summed E-state index contributed by atoms with van der Waals surface area (Å²) in [7, 11) is 1.58. The minimum atomic E-state index is -0.601. The second kappa shape index (κ2) is 8.24. The molecule has 27 heavy (non-hydrogen) atoms. The van der Waals surface area contributed by atoms with Crippen LogP contribution >= 0.6 is 11.6 Å². The fraction of sp³-hybridized carbons (Fsp3) is 0.200. The van der Waals surface area contributed by atoms with Crippen LogP contribution in [0.5, 0.6) is 0 Å². The maximum atomic E-state index is 12.9. The van der Waals surface area contributed by atoms with E-state index in [-0.39, 0.29) is 17.9 Å². The van der Waals surface area contributed by atoms with Crippen LogP contribution in [0.2, 0.25) is 5.02 Å². The molecule has 0 unspecified atom stereocenters. The maximum Gasteiger partial charge on any atom is 0.357 e. The summed E-state index contributed by atoms with van der Waals surface area (Å²) in [5.74, 6) is -0.601. The van der Waals surface area contributed by atoms with Crippen LogP contribution in [0.4, 0.5) is 0 Å². The number of carbonyl (C=O) groups excluding carboxylic acids is 1. The lowest BCUT2D eigenvalue weighted by atomic mass is 9.97. The molecule has 1 heterocycles. The number of halogens is 1. The number of nitrogens with one attached hydrogen (secondary N) is 1. The molecule has 0 spiro atoms. The molecule has 0 amide bonds. The molecular formula is C20H20ClN3O3. The number of hydrogen-bond donors (Lipinski definition) is 2. The van der Waals surface area contributed by atoms with E-state index in [2.05, 4.69) is 5.43 Å². The topological polar surface area (TPSA) is 86.3 Å². The van der Waals surface area contributed by atoms with Gasteiger partial charge in [-0.3, -0.25) is 4.79 Å². The molecule has 140 valence electrons. The number of carbonyl (C=O) groups is 1. The van der Waals surface area contributed by atoms with Gasteiger partial charge in [-0.25, -0.2) is 9.47 Å². The Morgan fingerprint density at radius 3 is 2.59 bits per heavy atom. The maximum absolute atomic E-state index is 12.9. The van der Waals surface area contributed by atoms with E-state index in [1.165, 1.54) is 4.68 Å². The largest absolute Gasteiger partial charge is 0.461 e. The van der Waals surface area contributed by atoms with E-state index in [1.54, 1.807) is 25.2 Å². The highest BCUT2D eigenvalue weighted by Gasteiger charge is 2.24. The van der Waals surface area contributed by atoms with Gasteiger partial charge < -0.3 is 15.9 Å². The predicted octanol–water partition coefficient (Wildman–Crippen LogP) is 3.00. The molecule has 6 nitrogen and oxygen atoms in total. The van der Waals surface area contributed by atoms with Crippen molar-refractivity contribution in [3.8, 4) is 11.1 Å². The normalized spacial score (nSPS) is 10.8. The minimum Gasteiger partial charge on any atom is -0.461 e. The molecule has 0 saturated heterocycles. The van der Waals surface area contributed by atoms with Gasteiger partial charge in [-0.2, -0.15) is 0 Å². The van der Waals surface area contributed by atoms with Crippen molar-refractivity contribution in [2.75, 3.05) is 25.6 Å². The Morgan fingerprint density at radius 2 is 1.93 bits per heavy atom. The van der Waals surface area contributed by atoms with E-state index in [0.29, 0.717) is 34.3 Å². The quantitative estimate of drug-likeness (QED) is 0.503. The second-order valence-electron chi connectivity index (χ2n) is 5.92. The van der Waals surface area contributed by atoms with Crippen LogP contribution in [0.25, 0.3) is 21.9 Å². The first-order chi connectivity index (χ1) is 13.1. The zero-order valence-electron chi connectivity index (χ0n) is 14.9. The monoisotopic (exact) mass is 385 g/mol. The van der Waals surface area contributed by atoms with Crippen molar-refractivity contribution >= 4 is 28.3 Å². The highest BCUT2D eigenvalue weighted by Crippen LogP contribution is 2.32. The van der Waals surface area contributed by atoms with E-state index in [0.717, 1.165) is 5.56 Å². The van der Waals surface area contributed by atoms with Crippen LogP contribution in [0, 0.1) is 0 Å². The molecule has 2 aromatic carbocycles. The van der Waals surface area contributed by atoms with E-state index >= 15 is 0 Å². The average Bonchev–Trinajstić information content (AvgIpc) is 2.68. The molecule has 0 aliphatic carbocycles. The number of rotatable bonds is 6. The van der Waals surface area contributed by atoms with Crippen LogP contribution in [0.15, 0.2) is 53.3 Å². The molecule has 7 heteroatoms. The first-order valence-electron chi connectivity index (χ1n) is 8.57. The zero-order valence-corrected chi connectivity index (χ0v) is 15.6. The van der Waals surface area contributed by atoms with Crippen molar-refractivity contribution in [2.24, 2.45) is 5.73 Å². The smallest absolute Gasteiger partial charge is 0.357 e. The third-order valence-electron chi connectivity index (χ3n) is 4.21. The highest BCUT2D eigenvalue weighted by molar-refractivity contribution is 6.31. The molecule has 3 aromatic rings. The Labute approximate surface area is 161 Å². The lowest BCUT2D eigenvalue weighted by Crippen LogP contribution is -2.33. The molecular weight excluding hydrogens is 366 g/mol. The van der Waals surface area contributed by atoms with Crippen LogP contribution in [0.1, 0.15) is 16.9 Å². The van der Waals surface area contributed by atoms with Gasteiger partial charge in [-0.15, -0.1) is 0 Å². The molecule has 3 N–H and O–H groups in total. The van der Waals surface area contributed by atoms with Gasteiger partial charge in [0.25, 0.3) is 5.56 Å². The van der Waals surface area contributed by atoms with Crippen molar-refractivity contribution in [3.63, 3.8) is 0 Å². The molecule has 0 radical (unpaired) electrons. The Balaban J connectivity index is 2.37. The molecule has 0 fully saturated rings. The predicted molar refractivity (Wildman–Crippen MR) is 108 cm³/mol. The summed E-state index contributed by atoms with van der Waals surface area (Å²) in [5.41, 5.74) is 9.40. The summed E-state index contributed by atoms with van der Waals surface area (Å²) in [5, 5.41) is 1.52. The number of fused-ring (bicyclic) bond motifs is 1. The second-order valence-corrected chi connectivity index (χ2v) is 6.36. The van der Waals surface area contributed by atoms with Gasteiger partial charge in [0, 0.05) is 23.0 Å². The summed E-state index contributed by atoms with van der Waals surface area (Å²) >= 11 is 6.18. The third kappa shape index (κ3) is 3.67. The van der Waals surface area contributed by atoms with E-state index in [4.69, 9.17) is 22.1 Å². The number of benzene rings is 2. The molecule has 0 saturated carbocycles. The number of nitrogens with two attached hydrogens (primary N) is 1. The van der Waals surface area contributed by atoms with E-state index in [1.807, 2.05) is 30.3 Å². The molecule has 0 atom stereocenters. The van der Waals surface area contributed by atoms with Crippen molar-refractivity contribution in [3.05, 3.63) is 69.6 Å². The van der Waals surface area contributed by atoms with Crippen LogP contribution in [-0.2, 0) is 4.74 Å². The Hall–Kier alpha value is -2.83. The number of esters is 1. The van der Waals surface area contributed by atoms with Crippen molar-refractivity contribution < 1.29 is 9.53 Å². The van der Waals surface area contributed by atoms with Crippen molar-refractivity contribution in [2.45, 2.75) is 6.42 Å². The fourth-order valence-corrected chi connectivity index (χ4v) is 3.16. The lowest BCUT2D eigenvalue weighted by Gasteiger charge is -2.18. The number of pyridine rings is 1. The van der Waals surface area contributed by atoms with Gasteiger partial charge in [-0.05, 0) is 42.1 Å². The summed E-state index contributed by atoms with van der Waals surface area (Å²) < 4.78 is 6.57. The van der Waals surface area contributed by atoms with Crippen LogP contribution in [-0.4, -0.2) is 30.8 Å². The molecule has 0 aliphatic heterocycles. The van der Waals surface area contributed by atoms with Crippen LogP contribution in [0.3, 0.4) is 0 Å². The van der Waals surface area contributed by atoms with Gasteiger partial charge in [0.2, 0.25) is 0 Å². The van der Waals surface area contributed by atoms with Crippen molar-refractivity contribution in [1.82, 2.24) is 4.68 Å². The minimum absolute atomic E-state index is 0.125. The summed E-state index contributed by atoms with van der Waals surface area (Å²) in [4.78, 5) is 25.8. The van der Waals surface area contributed by atoms with Gasteiger partial charge in [-0.1, -0.05) is 41.9 Å². The van der Waals surface area contributed by atoms with Gasteiger partial charge in [0.1, 0.15) is 0 Å². The summed E-state index contributed by atoms with van der Waals surface area (Å²) in [6.07, 6.45) is 0.537. The van der Waals surface area contributed by atoms with Gasteiger partial charge in [0.05, 0.1) is 6.61 Å². The Morgan fingerprint density at radius 1 is 1.19 bits per heavy atom. The zero-order chi connectivity index (χ0) is 19.4. The Kier molecular flexibility index (Phi) is 5.78. The molecule has 0 aliphatic rings. The van der Waals surface area contributed by atoms with E-state index < -0.39 is 5.97 Å². The van der Waals surface area contributed by atoms with Crippen molar-refractivity contribution in [1.29, 1.82) is 0 Å². The van der Waals surface area contributed by atoms with Gasteiger partial charge >= 0.3 is 5.97 Å². The standard InChI is InChI=1S/C20H20ClN3O3/c1-23-24-18(20(26)27-11-5-10-22)17(13-6-3-2-4-7-13)16-12-14(21)8-9-15(16)19(24)25/h2-4,6-9,12,23H,5,10-11,22H2,1H3. The molecule has 1 aromatic heterocycles. The fourth-order valence-electron chi connectivity index (χ4n) is 2.99. The lowest BCUT2D eigenvalue weighted by molar-refractivity contribution is 0.0492. The highest BCUT2D eigenvalue weighted by atomic mass is 35.5. The first kappa shape index (κ1) is 18.9. The molecule has 3 rings (SSSR count).